The second-order valence-electron chi connectivity index (χ2n) is 6.52. The molecule has 1 N–H and O–H groups in total. The van der Waals surface area contributed by atoms with E-state index in [0.717, 1.165) is 0 Å². The summed E-state index contributed by atoms with van der Waals surface area (Å²) in [6.07, 6.45) is -0.605. The molecule has 1 amide bonds. The molecular formula is C17H24N2O6. The summed E-state index contributed by atoms with van der Waals surface area (Å²) in [5.74, 6) is -0.440. The molecule has 0 bridgehead atoms. The van der Waals surface area contributed by atoms with Crippen LogP contribution in [-0.2, 0) is 14.3 Å². The Balaban J connectivity index is 2.36. The number of non-ortho nitro benzene ring substituents is 1. The monoisotopic (exact) mass is 352 g/mol. The van der Waals surface area contributed by atoms with Crippen molar-refractivity contribution in [2.45, 2.75) is 52.2 Å². The lowest BCUT2D eigenvalue weighted by molar-refractivity contribution is -0.385. The molecule has 1 atom stereocenters. The van der Waals surface area contributed by atoms with Crippen molar-refractivity contribution in [1.82, 2.24) is 5.32 Å². The molecule has 0 fully saturated rings. The fourth-order valence-electron chi connectivity index (χ4n) is 1.95. The number of amides is 1. The molecule has 0 saturated carbocycles. The van der Waals surface area contributed by atoms with E-state index >= 15 is 0 Å². The SMILES string of the molecule is C[C@@H](OC(=O)CCCNC(=O)OC(C)(C)C)c1cccc([N+](=O)[O-])c1. The molecule has 0 spiro atoms. The van der Waals surface area contributed by atoms with Gasteiger partial charge in [-0.15, -0.1) is 0 Å². The van der Waals surface area contributed by atoms with Crippen LogP contribution < -0.4 is 5.32 Å². The molecule has 25 heavy (non-hydrogen) atoms. The smallest absolute Gasteiger partial charge is 0.407 e. The van der Waals surface area contributed by atoms with Crippen LogP contribution in [0.1, 0.15) is 52.2 Å². The summed E-state index contributed by atoms with van der Waals surface area (Å²) in [6, 6.07) is 5.96. The van der Waals surface area contributed by atoms with Crippen LogP contribution in [0.5, 0.6) is 0 Å². The van der Waals surface area contributed by atoms with Crippen molar-refractivity contribution in [2.75, 3.05) is 6.54 Å². The van der Waals surface area contributed by atoms with Gasteiger partial charge < -0.3 is 14.8 Å². The Morgan fingerprint density at radius 1 is 1.32 bits per heavy atom. The van der Waals surface area contributed by atoms with Gasteiger partial charge in [-0.3, -0.25) is 14.9 Å². The third-order valence-corrected chi connectivity index (χ3v) is 3.08. The predicted molar refractivity (Wildman–Crippen MR) is 91.1 cm³/mol. The van der Waals surface area contributed by atoms with E-state index in [1.165, 1.54) is 12.1 Å². The number of nitro groups is 1. The molecule has 0 aliphatic rings. The van der Waals surface area contributed by atoms with Crippen LogP contribution in [0.4, 0.5) is 10.5 Å². The van der Waals surface area contributed by atoms with Crippen molar-refractivity contribution in [3.63, 3.8) is 0 Å². The Morgan fingerprint density at radius 3 is 2.60 bits per heavy atom. The summed E-state index contributed by atoms with van der Waals surface area (Å²) in [5.41, 5.74) is -0.0760. The molecule has 138 valence electrons. The van der Waals surface area contributed by atoms with Gasteiger partial charge in [0.1, 0.15) is 11.7 Å². The maximum absolute atomic E-state index is 11.8. The Hall–Kier alpha value is -2.64. The minimum Gasteiger partial charge on any atom is -0.458 e. The number of nitrogens with zero attached hydrogens (tertiary/aromatic N) is 1. The molecule has 1 aromatic rings. The minimum atomic E-state index is -0.591. The Bertz CT molecular complexity index is 624. The Kier molecular flexibility index (Phi) is 7.35. The molecule has 0 unspecified atom stereocenters. The lowest BCUT2D eigenvalue weighted by atomic mass is 10.1. The number of ether oxygens (including phenoxy) is 2. The molecule has 0 aromatic heterocycles. The fourth-order valence-corrected chi connectivity index (χ4v) is 1.95. The summed E-state index contributed by atoms with van der Waals surface area (Å²) < 4.78 is 10.3. The second-order valence-corrected chi connectivity index (χ2v) is 6.52. The maximum Gasteiger partial charge on any atom is 0.407 e. The van der Waals surface area contributed by atoms with Gasteiger partial charge in [0.15, 0.2) is 0 Å². The first-order chi connectivity index (χ1) is 11.6. The van der Waals surface area contributed by atoms with Crippen molar-refractivity contribution in [1.29, 1.82) is 0 Å². The van der Waals surface area contributed by atoms with E-state index in [1.807, 2.05) is 0 Å². The highest BCUT2D eigenvalue weighted by atomic mass is 16.6. The van der Waals surface area contributed by atoms with Crippen LogP contribution >= 0.6 is 0 Å². The summed E-state index contributed by atoms with van der Waals surface area (Å²) in [7, 11) is 0. The van der Waals surface area contributed by atoms with Crippen molar-refractivity contribution >= 4 is 17.7 Å². The molecule has 0 heterocycles. The van der Waals surface area contributed by atoms with Crippen LogP contribution in [0.3, 0.4) is 0 Å². The number of hydrogen-bond acceptors (Lipinski definition) is 6. The molecule has 0 saturated heterocycles. The van der Waals surface area contributed by atoms with Crippen LogP contribution in [0.15, 0.2) is 24.3 Å². The summed E-state index contributed by atoms with van der Waals surface area (Å²) in [5, 5.41) is 13.3. The predicted octanol–water partition coefficient (Wildman–Crippen LogP) is 3.50. The van der Waals surface area contributed by atoms with Crippen molar-refractivity contribution in [3.05, 3.63) is 39.9 Å². The standard InChI is InChI=1S/C17H24N2O6/c1-12(13-7-5-8-14(11-13)19(22)23)24-15(20)9-6-10-18-16(21)25-17(2,3)4/h5,7-8,11-12H,6,9-10H2,1-4H3,(H,18,21)/t12-/m1/s1. The topological polar surface area (TPSA) is 108 Å². The molecule has 1 rings (SSSR count). The zero-order chi connectivity index (χ0) is 19.0. The third kappa shape index (κ3) is 8.14. The highest BCUT2D eigenvalue weighted by molar-refractivity contribution is 5.70. The zero-order valence-corrected chi connectivity index (χ0v) is 14.9. The highest BCUT2D eigenvalue weighted by Crippen LogP contribution is 2.22. The van der Waals surface area contributed by atoms with E-state index in [4.69, 9.17) is 9.47 Å². The summed E-state index contributed by atoms with van der Waals surface area (Å²) in [4.78, 5) is 33.5. The van der Waals surface area contributed by atoms with Gasteiger partial charge in [0.2, 0.25) is 0 Å². The van der Waals surface area contributed by atoms with Crippen LogP contribution in [0, 0.1) is 10.1 Å². The van der Waals surface area contributed by atoms with E-state index in [0.29, 0.717) is 12.0 Å². The molecule has 8 heteroatoms. The van der Waals surface area contributed by atoms with Gasteiger partial charge in [-0.2, -0.15) is 0 Å². The number of nitro benzene ring substituents is 1. The van der Waals surface area contributed by atoms with Gasteiger partial charge in [-0.25, -0.2) is 4.79 Å². The van der Waals surface area contributed by atoms with Crippen molar-refractivity contribution in [3.8, 4) is 0 Å². The molecular weight excluding hydrogens is 328 g/mol. The van der Waals surface area contributed by atoms with E-state index < -0.39 is 28.7 Å². The fraction of sp³-hybridized carbons (Fsp3) is 0.529. The van der Waals surface area contributed by atoms with Gasteiger partial charge >= 0.3 is 12.1 Å². The van der Waals surface area contributed by atoms with Crippen LogP contribution in [-0.4, -0.2) is 29.1 Å². The number of carbonyl (C=O) groups is 2. The van der Waals surface area contributed by atoms with Gasteiger partial charge in [-0.05, 0) is 39.7 Å². The largest absolute Gasteiger partial charge is 0.458 e. The van der Waals surface area contributed by atoms with Crippen molar-refractivity contribution < 1.29 is 24.0 Å². The number of rotatable bonds is 7. The first-order valence-electron chi connectivity index (χ1n) is 7.99. The lowest BCUT2D eigenvalue weighted by Gasteiger charge is -2.19. The van der Waals surface area contributed by atoms with Crippen molar-refractivity contribution in [2.24, 2.45) is 0 Å². The molecule has 1 aromatic carbocycles. The Labute approximate surface area is 146 Å². The number of benzene rings is 1. The van der Waals surface area contributed by atoms with E-state index in [1.54, 1.807) is 39.8 Å². The highest BCUT2D eigenvalue weighted by Gasteiger charge is 2.17. The van der Waals surface area contributed by atoms with E-state index in [9.17, 15) is 19.7 Å². The first kappa shape index (κ1) is 20.4. The number of nitrogens with one attached hydrogen (secondary N) is 1. The maximum atomic E-state index is 11.8. The number of alkyl carbamates (subject to hydrolysis) is 1. The summed E-state index contributed by atoms with van der Waals surface area (Å²) in [6.45, 7) is 7.23. The lowest BCUT2D eigenvalue weighted by Crippen LogP contribution is -2.33. The van der Waals surface area contributed by atoms with Gasteiger partial charge in [0, 0.05) is 25.1 Å². The molecule has 0 aliphatic carbocycles. The number of hydrogen-bond donors (Lipinski definition) is 1. The second kappa shape index (κ2) is 9.00. The summed E-state index contributed by atoms with van der Waals surface area (Å²) >= 11 is 0. The minimum absolute atomic E-state index is 0.0537. The normalized spacial score (nSPS) is 12.2. The molecule has 8 nitrogen and oxygen atoms in total. The molecule has 0 radical (unpaired) electrons. The first-order valence-corrected chi connectivity index (χ1v) is 7.99. The van der Waals surface area contributed by atoms with Crippen LogP contribution in [0.25, 0.3) is 0 Å². The van der Waals surface area contributed by atoms with E-state index in [2.05, 4.69) is 5.32 Å². The van der Waals surface area contributed by atoms with Gasteiger partial charge in [-0.1, -0.05) is 12.1 Å². The average Bonchev–Trinajstić information content (AvgIpc) is 2.50. The molecule has 0 aliphatic heterocycles. The zero-order valence-electron chi connectivity index (χ0n) is 14.9. The third-order valence-electron chi connectivity index (χ3n) is 3.08. The van der Waals surface area contributed by atoms with Gasteiger partial charge in [0.25, 0.3) is 5.69 Å². The Morgan fingerprint density at radius 2 is 2.00 bits per heavy atom. The number of esters is 1. The van der Waals surface area contributed by atoms with Crippen LogP contribution in [0.2, 0.25) is 0 Å². The van der Waals surface area contributed by atoms with Gasteiger partial charge in [0.05, 0.1) is 4.92 Å². The average molecular weight is 352 g/mol. The number of carbonyl (C=O) groups excluding carboxylic acids is 2. The van der Waals surface area contributed by atoms with E-state index in [-0.39, 0.29) is 18.7 Å². The quantitative estimate of drug-likeness (QED) is 0.348.